The number of hydrogen-bond donors (Lipinski definition) is 3. The summed E-state index contributed by atoms with van der Waals surface area (Å²) in [6.45, 7) is 4.63. The van der Waals surface area contributed by atoms with Crippen molar-refractivity contribution in [3.05, 3.63) is 109 Å². The Kier molecular flexibility index (Phi) is 69.9. The maximum atomic E-state index is 13.1. The zero-order valence-corrected chi connectivity index (χ0v) is 64.6. The first-order chi connectivity index (χ1) is 48.7. The fourth-order valence-corrected chi connectivity index (χ4v) is 11.8. The first-order valence-corrected chi connectivity index (χ1v) is 42.1. The van der Waals surface area contributed by atoms with Crippen LogP contribution in [0.2, 0.25) is 0 Å². The molecule has 0 aromatic carbocycles. The molecule has 576 valence electrons. The molecule has 5 atom stereocenters. The highest BCUT2D eigenvalue weighted by Crippen LogP contribution is 2.45. The smallest absolute Gasteiger partial charge is 0.462 e. The Labute approximate surface area is 607 Å². The summed E-state index contributed by atoms with van der Waals surface area (Å²) in [6.07, 6.45) is 78.0. The number of phosphoric acid groups is 2. The van der Waals surface area contributed by atoms with E-state index in [4.69, 9.17) is 37.0 Å². The highest BCUT2D eigenvalue weighted by molar-refractivity contribution is 7.47. The van der Waals surface area contributed by atoms with E-state index >= 15 is 0 Å². The summed E-state index contributed by atoms with van der Waals surface area (Å²) in [5, 5.41) is 10.6. The normalized spacial score (nSPS) is 14.5. The van der Waals surface area contributed by atoms with Gasteiger partial charge in [0, 0.05) is 25.7 Å². The topological polar surface area (TPSA) is 237 Å². The minimum atomic E-state index is -4.99. The molecule has 0 aromatic rings. The van der Waals surface area contributed by atoms with Gasteiger partial charge in [-0.15, -0.1) is 0 Å². The second-order valence-corrected chi connectivity index (χ2v) is 28.8. The Balaban J connectivity index is 5.40. The van der Waals surface area contributed by atoms with Crippen molar-refractivity contribution in [2.24, 2.45) is 0 Å². The Morgan fingerprint density at radius 3 is 0.860 bits per heavy atom. The molecule has 0 bridgehead atoms. The van der Waals surface area contributed by atoms with Gasteiger partial charge in [0.1, 0.15) is 19.3 Å². The van der Waals surface area contributed by atoms with Crippen molar-refractivity contribution in [2.45, 2.75) is 341 Å². The van der Waals surface area contributed by atoms with Gasteiger partial charge in [0.25, 0.3) is 0 Å². The molecule has 19 heteroatoms. The van der Waals surface area contributed by atoms with Crippen molar-refractivity contribution in [1.29, 1.82) is 0 Å². The van der Waals surface area contributed by atoms with Crippen molar-refractivity contribution in [2.75, 3.05) is 39.6 Å². The van der Waals surface area contributed by atoms with Crippen LogP contribution in [0.1, 0.15) is 323 Å². The molecule has 17 nitrogen and oxygen atoms in total. The van der Waals surface area contributed by atoms with Gasteiger partial charge in [0.05, 0.1) is 26.4 Å². The van der Waals surface area contributed by atoms with Crippen LogP contribution in [-0.2, 0) is 65.4 Å². The van der Waals surface area contributed by atoms with Gasteiger partial charge < -0.3 is 33.8 Å². The molecular formula is C81H140O17P2. The molecule has 0 aliphatic rings. The summed E-state index contributed by atoms with van der Waals surface area (Å²) in [5.74, 6) is -2.29. The van der Waals surface area contributed by atoms with E-state index in [-0.39, 0.29) is 25.7 Å². The van der Waals surface area contributed by atoms with E-state index in [1.165, 1.54) is 77.0 Å². The van der Waals surface area contributed by atoms with Gasteiger partial charge in [-0.1, -0.05) is 265 Å². The molecule has 0 aliphatic carbocycles. The van der Waals surface area contributed by atoms with Gasteiger partial charge in [-0.25, -0.2) is 9.13 Å². The van der Waals surface area contributed by atoms with Crippen LogP contribution in [-0.4, -0.2) is 96.7 Å². The summed E-state index contributed by atoms with van der Waals surface area (Å²) in [5.41, 5.74) is 0. The number of phosphoric ester groups is 2. The first kappa shape index (κ1) is 95.7. The largest absolute Gasteiger partial charge is 0.472 e. The molecule has 0 aliphatic heterocycles. The van der Waals surface area contributed by atoms with Crippen LogP contribution >= 0.6 is 15.6 Å². The monoisotopic (exact) mass is 1450 g/mol. The zero-order valence-electron chi connectivity index (χ0n) is 62.8. The van der Waals surface area contributed by atoms with E-state index in [1.54, 1.807) is 0 Å². The van der Waals surface area contributed by atoms with E-state index in [1.807, 2.05) is 18.2 Å². The first-order valence-electron chi connectivity index (χ1n) is 39.1. The summed E-state index contributed by atoms with van der Waals surface area (Å²) in [4.78, 5) is 72.9. The number of unbranched alkanes of at least 4 members (excludes halogenated alkanes) is 29. The highest BCUT2D eigenvalue weighted by atomic mass is 31.2. The average molecular weight is 1450 g/mol. The Bertz CT molecular complexity index is 2320. The number of hydrogen-bond acceptors (Lipinski definition) is 15. The SMILES string of the molecule is CC/C=C\C/C=C\C/C=C\C/C=C\C/C=C\C/C=C\CCC(=O)OC[C@H](COP(=O)(O)OC[C@@H](O)COP(=O)(O)OC[C@@H](COC(=O)CCCCCCC/C=C\CCCCCC)OC(=O)CCCCCCCCC/C=C\CCCCCC)OC(=O)CCCCCCC/C=C\CCCCCC. The molecule has 0 spiro atoms. The van der Waals surface area contributed by atoms with Gasteiger partial charge in [-0.3, -0.25) is 37.3 Å². The molecule has 0 saturated heterocycles. The number of ether oxygens (including phenoxy) is 4. The van der Waals surface area contributed by atoms with Gasteiger partial charge in [-0.05, 0) is 141 Å². The fraction of sp³-hybridized carbons (Fsp3) is 0.728. The predicted molar refractivity (Wildman–Crippen MR) is 408 cm³/mol. The minimum absolute atomic E-state index is 0.0338. The molecule has 0 saturated carbocycles. The number of aliphatic hydroxyl groups is 1. The van der Waals surface area contributed by atoms with E-state index in [2.05, 4.69) is 119 Å². The van der Waals surface area contributed by atoms with Crippen LogP contribution in [0, 0.1) is 0 Å². The minimum Gasteiger partial charge on any atom is -0.462 e. The predicted octanol–water partition coefficient (Wildman–Crippen LogP) is 22.6. The molecule has 0 aromatic heterocycles. The van der Waals surface area contributed by atoms with Crippen LogP contribution in [0.25, 0.3) is 0 Å². The third-order valence-electron chi connectivity index (χ3n) is 16.2. The Morgan fingerprint density at radius 1 is 0.290 bits per heavy atom. The maximum absolute atomic E-state index is 13.1. The van der Waals surface area contributed by atoms with Crippen molar-refractivity contribution in [3.63, 3.8) is 0 Å². The van der Waals surface area contributed by atoms with Crippen LogP contribution in [0.4, 0.5) is 0 Å². The van der Waals surface area contributed by atoms with Gasteiger partial charge in [0.15, 0.2) is 12.2 Å². The third-order valence-corrected chi connectivity index (χ3v) is 18.1. The molecular weight excluding hydrogens is 1310 g/mol. The van der Waals surface area contributed by atoms with Gasteiger partial charge in [-0.2, -0.15) is 0 Å². The van der Waals surface area contributed by atoms with Crippen LogP contribution < -0.4 is 0 Å². The maximum Gasteiger partial charge on any atom is 0.472 e. The third kappa shape index (κ3) is 72.1. The van der Waals surface area contributed by atoms with Crippen molar-refractivity contribution < 1.29 is 80.2 Å². The van der Waals surface area contributed by atoms with Crippen molar-refractivity contribution in [1.82, 2.24) is 0 Å². The lowest BCUT2D eigenvalue weighted by atomic mass is 10.1. The lowest BCUT2D eigenvalue weighted by Gasteiger charge is -2.21. The van der Waals surface area contributed by atoms with E-state index in [0.717, 1.165) is 161 Å². The van der Waals surface area contributed by atoms with E-state index in [9.17, 15) is 43.2 Å². The summed E-state index contributed by atoms with van der Waals surface area (Å²) >= 11 is 0. The Morgan fingerprint density at radius 2 is 0.540 bits per heavy atom. The van der Waals surface area contributed by atoms with Gasteiger partial charge >= 0.3 is 39.5 Å². The summed E-state index contributed by atoms with van der Waals surface area (Å²) < 4.78 is 68.4. The lowest BCUT2D eigenvalue weighted by molar-refractivity contribution is -0.161. The molecule has 0 fully saturated rings. The van der Waals surface area contributed by atoms with Crippen molar-refractivity contribution in [3.8, 4) is 0 Å². The number of aliphatic hydroxyl groups excluding tert-OH is 1. The highest BCUT2D eigenvalue weighted by Gasteiger charge is 2.30. The van der Waals surface area contributed by atoms with E-state index in [0.29, 0.717) is 32.1 Å². The fourth-order valence-electron chi connectivity index (χ4n) is 10.2. The summed E-state index contributed by atoms with van der Waals surface area (Å²) in [6, 6.07) is 0. The lowest BCUT2D eigenvalue weighted by Crippen LogP contribution is -2.30. The number of allylic oxidation sites excluding steroid dienone is 18. The van der Waals surface area contributed by atoms with Crippen molar-refractivity contribution >= 4 is 39.5 Å². The quantitative estimate of drug-likeness (QED) is 0.0169. The molecule has 100 heavy (non-hydrogen) atoms. The molecule has 0 radical (unpaired) electrons. The molecule has 0 rings (SSSR count). The van der Waals surface area contributed by atoms with Crippen LogP contribution in [0.3, 0.4) is 0 Å². The van der Waals surface area contributed by atoms with Gasteiger partial charge in [0.2, 0.25) is 0 Å². The van der Waals surface area contributed by atoms with E-state index < -0.39 is 97.5 Å². The number of esters is 4. The zero-order chi connectivity index (χ0) is 73.2. The number of carbonyl (C=O) groups is 4. The standard InChI is InChI=1S/C81H140O17P2/c1-5-9-13-17-21-25-29-33-35-36-37-38-40-43-46-50-54-58-62-66-79(84)92-72-76(97-80(85)67-63-59-55-51-47-42-32-28-24-20-16-12-8-4)73-95-99(87,88)93-69-75(82)70-94-100(89,90)96-74-77(71-91-78(83)65-61-57-53-49-45-41-31-27-23-19-15-11-7-3)98-81(86)68-64-60-56-52-48-44-39-34-30-26-22-18-14-10-6-2/h9,13,21,25-28,30-33,35,37-38,43,46,54,58,75-77,82H,5-8,10-12,14-20,22-24,29,34,36,39-42,44-45,47-53,55-57,59-74H2,1-4H3,(H,87,88)(H,89,90)/b13-9-,25-21-,30-26-,31-27-,32-28-,35-33-,38-37-,46-43-,58-54-/t75-,76-,77-/m1/s1. The molecule has 0 heterocycles. The second-order valence-electron chi connectivity index (χ2n) is 25.9. The Hall–Kier alpha value is -4.28. The molecule has 0 amide bonds. The average Bonchev–Trinajstić information content (AvgIpc) is 0.924. The van der Waals surface area contributed by atoms with Crippen LogP contribution in [0.5, 0.6) is 0 Å². The number of carbonyl (C=O) groups excluding carboxylic acids is 4. The summed E-state index contributed by atoms with van der Waals surface area (Å²) in [7, 11) is -9.97. The second kappa shape index (κ2) is 73.0. The number of rotatable bonds is 73. The van der Waals surface area contributed by atoms with Crippen LogP contribution in [0.15, 0.2) is 109 Å². The molecule has 2 unspecified atom stereocenters. The molecule has 3 N–H and O–H groups in total.